The van der Waals surface area contributed by atoms with Crippen LogP contribution in [0.3, 0.4) is 0 Å². The molecule has 0 N–H and O–H groups in total. The summed E-state index contributed by atoms with van der Waals surface area (Å²) in [6.07, 6.45) is 4.92. The van der Waals surface area contributed by atoms with Gasteiger partial charge in [-0.2, -0.15) is 0 Å². The second-order valence-electron chi connectivity index (χ2n) is 9.17. The molecule has 0 bridgehead atoms. The van der Waals surface area contributed by atoms with Crippen LogP contribution in [0.15, 0.2) is 29.6 Å². The molecule has 1 aromatic carbocycles. The number of hydrogen-bond acceptors (Lipinski definition) is 5. The lowest BCUT2D eigenvalue weighted by atomic mass is 10.0. The van der Waals surface area contributed by atoms with Crippen molar-refractivity contribution in [3.8, 4) is 11.5 Å². The van der Waals surface area contributed by atoms with E-state index in [-0.39, 0.29) is 37.1 Å². The molecule has 0 saturated heterocycles. The predicted octanol–water partition coefficient (Wildman–Crippen LogP) is 5.13. The van der Waals surface area contributed by atoms with Crippen molar-refractivity contribution in [2.75, 3.05) is 13.3 Å². The molecule has 1 saturated carbocycles. The summed E-state index contributed by atoms with van der Waals surface area (Å²) in [6.45, 7) is 7.53. The van der Waals surface area contributed by atoms with Crippen LogP contribution < -0.4 is 9.47 Å². The van der Waals surface area contributed by atoms with Crippen LogP contribution in [0.25, 0.3) is 0 Å². The number of fused-ring (bicyclic) bond motifs is 1. The third-order valence-corrected chi connectivity index (χ3v) is 7.89. The van der Waals surface area contributed by atoms with Gasteiger partial charge in [-0.1, -0.05) is 25.8 Å². The molecule has 2 heterocycles. The van der Waals surface area contributed by atoms with Crippen molar-refractivity contribution in [1.29, 1.82) is 0 Å². The zero-order valence-corrected chi connectivity index (χ0v) is 20.7. The van der Waals surface area contributed by atoms with Crippen LogP contribution in [-0.2, 0) is 22.7 Å². The normalized spacial score (nSPS) is 16.1. The van der Waals surface area contributed by atoms with Gasteiger partial charge in [0.25, 0.3) is 0 Å². The molecule has 2 amide bonds. The minimum Gasteiger partial charge on any atom is -0.454 e. The Morgan fingerprint density at radius 1 is 1.12 bits per heavy atom. The van der Waals surface area contributed by atoms with Crippen molar-refractivity contribution < 1.29 is 19.1 Å². The molecule has 1 aliphatic heterocycles. The SMILES string of the molecule is CC[C@H](C)N(CC(=O)N(Cc1ccc2c(c1)OCO2)Cc1sccc1C)C(=O)C1CCCC1. The number of nitrogens with zero attached hydrogens (tertiary/aromatic N) is 2. The van der Waals surface area contributed by atoms with Crippen LogP contribution in [0.2, 0.25) is 0 Å². The summed E-state index contributed by atoms with van der Waals surface area (Å²) < 4.78 is 11.0. The number of hydrogen-bond donors (Lipinski definition) is 0. The summed E-state index contributed by atoms with van der Waals surface area (Å²) in [5, 5.41) is 2.06. The zero-order chi connectivity index (χ0) is 23.4. The Bertz CT molecular complexity index is 982. The molecular formula is C26H34N2O4S. The number of ether oxygens (including phenoxy) is 2. The standard InChI is InChI=1S/C26H34N2O4S/c1-4-19(3)28(26(30)21-7-5-6-8-21)16-25(29)27(15-24-18(2)11-12-33-24)14-20-9-10-22-23(13-20)32-17-31-22/h9-13,19,21H,4-8,14-17H2,1-3H3/t19-/m0/s1. The van der Waals surface area contributed by atoms with Crippen molar-refractivity contribution in [3.05, 3.63) is 45.6 Å². The lowest BCUT2D eigenvalue weighted by Gasteiger charge is -2.33. The second kappa shape index (κ2) is 10.6. The molecule has 2 aromatic rings. The molecule has 0 unspecified atom stereocenters. The molecular weight excluding hydrogens is 436 g/mol. The number of thiophene rings is 1. The van der Waals surface area contributed by atoms with Gasteiger partial charge >= 0.3 is 0 Å². The Morgan fingerprint density at radius 3 is 2.58 bits per heavy atom. The fourth-order valence-corrected chi connectivity index (χ4v) is 5.48. The van der Waals surface area contributed by atoms with E-state index in [9.17, 15) is 9.59 Å². The summed E-state index contributed by atoms with van der Waals surface area (Å²) in [6, 6.07) is 7.94. The van der Waals surface area contributed by atoms with E-state index in [0.29, 0.717) is 18.8 Å². The van der Waals surface area contributed by atoms with E-state index in [2.05, 4.69) is 25.3 Å². The largest absolute Gasteiger partial charge is 0.454 e. The fraction of sp³-hybridized carbons (Fsp3) is 0.538. The van der Waals surface area contributed by atoms with E-state index in [1.54, 1.807) is 11.3 Å². The maximum atomic E-state index is 13.6. The molecule has 6 nitrogen and oxygen atoms in total. The third-order valence-electron chi connectivity index (χ3n) is 6.88. The van der Waals surface area contributed by atoms with Crippen molar-refractivity contribution in [2.24, 2.45) is 5.92 Å². The number of aryl methyl sites for hydroxylation is 1. The van der Waals surface area contributed by atoms with Crippen molar-refractivity contribution >= 4 is 23.2 Å². The first kappa shape index (κ1) is 23.6. The van der Waals surface area contributed by atoms with E-state index in [4.69, 9.17) is 9.47 Å². The van der Waals surface area contributed by atoms with Crippen LogP contribution in [0.4, 0.5) is 0 Å². The van der Waals surface area contributed by atoms with Gasteiger partial charge in [0.2, 0.25) is 18.6 Å². The van der Waals surface area contributed by atoms with Gasteiger partial charge in [-0.25, -0.2) is 0 Å². The summed E-state index contributed by atoms with van der Waals surface area (Å²) in [7, 11) is 0. The van der Waals surface area contributed by atoms with Gasteiger partial charge in [-0.15, -0.1) is 11.3 Å². The van der Waals surface area contributed by atoms with Crippen LogP contribution in [0.1, 0.15) is 62.0 Å². The Labute approximate surface area is 200 Å². The summed E-state index contributed by atoms with van der Waals surface area (Å²) in [5.41, 5.74) is 2.17. The number of rotatable bonds is 9. The number of carbonyl (C=O) groups is 2. The fourth-order valence-electron chi connectivity index (χ4n) is 4.56. The number of amides is 2. The highest BCUT2D eigenvalue weighted by atomic mass is 32.1. The first-order valence-electron chi connectivity index (χ1n) is 12.0. The zero-order valence-electron chi connectivity index (χ0n) is 19.8. The van der Waals surface area contributed by atoms with E-state index in [1.807, 2.05) is 34.9 Å². The Hall–Kier alpha value is -2.54. The Balaban J connectivity index is 1.54. The van der Waals surface area contributed by atoms with E-state index in [1.165, 1.54) is 10.4 Å². The van der Waals surface area contributed by atoms with Crippen LogP contribution >= 0.6 is 11.3 Å². The van der Waals surface area contributed by atoms with Crippen LogP contribution in [0.5, 0.6) is 11.5 Å². The van der Waals surface area contributed by atoms with Crippen molar-refractivity contribution in [3.63, 3.8) is 0 Å². The minimum atomic E-state index is -0.0212. The van der Waals surface area contributed by atoms with Gasteiger partial charge in [-0.3, -0.25) is 9.59 Å². The van der Waals surface area contributed by atoms with Gasteiger partial charge in [0.05, 0.1) is 6.54 Å². The highest BCUT2D eigenvalue weighted by molar-refractivity contribution is 7.10. The molecule has 33 heavy (non-hydrogen) atoms. The van der Waals surface area contributed by atoms with Gasteiger partial charge in [0.1, 0.15) is 6.54 Å². The Morgan fingerprint density at radius 2 is 1.88 bits per heavy atom. The molecule has 4 rings (SSSR count). The van der Waals surface area contributed by atoms with Gasteiger partial charge in [0, 0.05) is 23.4 Å². The summed E-state index contributed by atoms with van der Waals surface area (Å²) in [5.74, 6) is 1.63. The quantitative estimate of drug-likeness (QED) is 0.510. The molecule has 1 fully saturated rings. The molecule has 0 radical (unpaired) electrons. The van der Waals surface area contributed by atoms with E-state index in [0.717, 1.165) is 43.4 Å². The predicted molar refractivity (Wildman–Crippen MR) is 129 cm³/mol. The summed E-state index contributed by atoms with van der Waals surface area (Å²) >= 11 is 1.66. The van der Waals surface area contributed by atoms with Gasteiger partial charge in [-0.05, 0) is 67.8 Å². The maximum Gasteiger partial charge on any atom is 0.242 e. The minimum absolute atomic E-state index is 0.0212. The topological polar surface area (TPSA) is 59.1 Å². The highest BCUT2D eigenvalue weighted by Crippen LogP contribution is 2.33. The molecule has 1 aliphatic carbocycles. The molecule has 7 heteroatoms. The average molecular weight is 471 g/mol. The Kier molecular flexibility index (Phi) is 7.58. The number of benzene rings is 1. The number of carbonyl (C=O) groups excluding carboxylic acids is 2. The molecule has 178 valence electrons. The average Bonchev–Trinajstić information content (AvgIpc) is 3.58. The first-order valence-corrected chi connectivity index (χ1v) is 12.8. The monoisotopic (exact) mass is 470 g/mol. The molecule has 1 aromatic heterocycles. The van der Waals surface area contributed by atoms with Crippen molar-refractivity contribution in [2.45, 2.75) is 72.0 Å². The molecule has 2 aliphatic rings. The highest BCUT2D eigenvalue weighted by Gasteiger charge is 2.32. The van der Waals surface area contributed by atoms with Gasteiger partial charge < -0.3 is 19.3 Å². The lowest BCUT2D eigenvalue weighted by Crippen LogP contribution is -2.48. The maximum absolute atomic E-state index is 13.6. The third kappa shape index (κ3) is 5.52. The smallest absolute Gasteiger partial charge is 0.242 e. The molecule has 0 spiro atoms. The second-order valence-corrected chi connectivity index (χ2v) is 10.2. The van der Waals surface area contributed by atoms with Crippen molar-refractivity contribution in [1.82, 2.24) is 9.80 Å². The van der Waals surface area contributed by atoms with E-state index < -0.39 is 0 Å². The van der Waals surface area contributed by atoms with Crippen LogP contribution in [0, 0.1) is 12.8 Å². The van der Waals surface area contributed by atoms with E-state index >= 15 is 0 Å². The lowest BCUT2D eigenvalue weighted by molar-refractivity contribution is -0.145. The first-order chi connectivity index (χ1) is 16.0. The molecule has 1 atom stereocenters. The van der Waals surface area contributed by atoms with Crippen LogP contribution in [-0.4, -0.2) is 41.0 Å². The van der Waals surface area contributed by atoms with Gasteiger partial charge in [0.15, 0.2) is 11.5 Å². The summed E-state index contributed by atoms with van der Waals surface area (Å²) in [4.78, 5) is 31.8.